The maximum atomic E-state index is 12.6. The third-order valence-electron chi connectivity index (χ3n) is 2.83. The lowest BCUT2D eigenvalue weighted by Gasteiger charge is -2.15. The van der Waals surface area contributed by atoms with E-state index in [2.05, 4.69) is 10.3 Å². The number of hydrogen-bond acceptors (Lipinski definition) is 4. The Morgan fingerprint density at radius 1 is 1.29 bits per heavy atom. The fraction of sp³-hybridized carbons (Fsp3) is 0.353. The first-order chi connectivity index (χ1) is 11.4. The Hall–Kier alpha value is -2.28. The molecule has 0 fully saturated rings. The Morgan fingerprint density at radius 2 is 1.96 bits per heavy atom. The van der Waals surface area contributed by atoms with Crippen LogP contribution in [0, 0.1) is 0 Å². The van der Waals surface area contributed by atoms with Gasteiger partial charge in [-0.1, -0.05) is 19.1 Å². The number of alkyl halides is 3. The molecule has 0 amide bonds. The van der Waals surface area contributed by atoms with E-state index in [4.69, 9.17) is 10.5 Å². The molecule has 3 N–H and O–H groups in total. The predicted octanol–water partition coefficient (Wildman–Crippen LogP) is 4.32. The number of allylic oxidation sites excluding steroid dienone is 2. The molecule has 0 radical (unpaired) electrons. The summed E-state index contributed by atoms with van der Waals surface area (Å²) >= 11 is 0. The average Bonchev–Trinajstić information content (AvgIpc) is 2.54. The van der Waals surface area contributed by atoms with Crippen molar-refractivity contribution in [1.82, 2.24) is 0 Å². The van der Waals surface area contributed by atoms with E-state index in [1.54, 1.807) is 12.3 Å². The molecule has 1 rings (SSSR count). The number of hydrogen-bond donors (Lipinski definition) is 2. The summed E-state index contributed by atoms with van der Waals surface area (Å²) in [6, 6.07) is 4.77. The number of nitrogens with two attached hydrogens (primary N) is 1. The van der Waals surface area contributed by atoms with Gasteiger partial charge >= 0.3 is 6.18 Å². The van der Waals surface area contributed by atoms with Gasteiger partial charge in [0, 0.05) is 18.4 Å². The summed E-state index contributed by atoms with van der Waals surface area (Å²) in [6.45, 7) is 4.36. The lowest BCUT2D eigenvalue weighted by molar-refractivity contribution is -0.137. The molecule has 0 aliphatic heterocycles. The second-order valence-electron chi connectivity index (χ2n) is 4.78. The summed E-state index contributed by atoms with van der Waals surface area (Å²) in [7, 11) is 0. The molecule has 0 aromatic heterocycles. The third kappa shape index (κ3) is 6.45. The predicted molar refractivity (Wildman–Crippen MR) is 90.7 cm³/mol. The van der Waals surface area contributed by atoms with Gasteiger partial charge in [0.15, 0.2) is 0 Å². The number of aliphatic imine (C=N–C) groups is 1. The normalized spacial score (nSPS) is 13.4. The van der Waals surface area contributed by atoms with Crippen LogP contribution in [-0.2, 0) is 10.9 Å². The molecule has 24 heavy (non-hydrogen) atoms. The quantitative estimate of drug-likeness (QED) is 0.574. The maximum Gasteiger partial charge on any atom is 0.416 e. The van der Waals surface area contributed by atoms with Gasteiger partial charge < -0.3 is 15.8 Å². The number of nitrogens with one attached hydrogen (secondary N) is 1. The van der Waals surface area contributed by atoms with Crippen molar-refractivity contribution in [3.8, 4) is 0 Å². The van der Waals surface area contributed by atoms with E-state index in [1.165, 1.54) is 12.1 Å². The smallest absolute Gasteiger partial charge is 0.416 e. The first kappa shape index (κ1) is 19.8. The van der Waals surface area contributed by atoms with Gasteiger partial charge in [0.1, 0.15) is 6.61 Å². The molecule has 0 heterocycles. The highest BCUT2D eigenvalue weighted by molar-refractivity contribution is 5.96. The van der Waals surface area contributed by atoms with Crippen LogP contribution in [0.5, 0.6) is 0 Å². The minimum absolute atomic E-state index is 0.284. The Bertz CT molecular complexity index is 590. The summed E-state index contributed by atoms with van der Waals surface area (Å²) in [4.78, 5) is 4.20. The standard InChI is InChI=1S/C17H22F3N3O/c1-3-5-15(16(22-11-4-2)24-12-10-21)23-14-8-6-13(7-9-14)17(18,19)20/h4-9,11,23H,3,10,12,21H2,1-2H3/b11-4-,15-5-,22-16+. The topological polar surface area (TPSA) is 59.6 Å². The molecule has 1 aromatic rings. The second-order valence-corrected chi connectivity index (χ2v) is 4.78. The molecule has 0 aliphatic rings. The Morgan fingerprint density at radius 3 is 2.46 bits per heavy atom. The van der Waals surface area contributed by atoms with E-state index in [0.29, 0.717) is 30.2 Å². The van der Waals surface area contributed by atoms with Crippen LogP contribution >= 0.6 is 0 Å². The molecule has 132 valence electrons. The van der Waals surface area contributed by atoms with E-state index in [0.717, 1.165) is 12.1 Å². The minimum atomic E-state index is -4.36. The zero-order chi connectivity index (χ0) is 18.0. The van der Waals surface area contributed by atoms with E-state index in [9.17, 15) is 13.2 Å². The molecule has 4 nitrogen and oxygen atoms in total. The van der Waals surface area contributed by atoms with Gasteiger partial charge in [0.25, 0.3) is 0 Å². The lowest BCUT2D eigenvalue weighted by atomic mass is 10.2. The molecule has 7 heteroatoms. The maximum absolute atomic E-state index is 12.6. The molecular weight excluding hydrogens is 319 g/mol. The molecule has 0 spiro atoms. The minimum Gasteiger partial charge on any atom is -0.475 e. The van der Waals surface area contributed by atoms with E-state index in [-0.39, 0.29) is 6.61 Å². The van der Waals surface area contributed by atoms with Crippen LogP contribution in [-0.4, -0.2) is 19.0 Å². The van der Waals surface area contributed by atoms with Gasteiger partial charge in [-0.2, -0.15) is 13.2 Å². The molecule has 0 bridgehead atoms. The van der Waals surface area contributed by atoms with Crippen LogP contribution in [0.1, 0.15) is 25.8 Å². The fourth-order valence-corrected chi connectivity index (χ4v) is 1.78. The SMILES string of the molecule is C\C=C/N=C(OCCN)\C(=C\CC)Nc1ccc(C(F)(F)F)cc1. The highest BCUT2D eigenvalue weighted by atomic mass is 19.4. The molecule has 0 aliphatic carbocycles. The Balaban J connectivity index is 3.01. The number of halogens is 3. The van der Waals surface area contributed by atoms with Gasteiger partial charge in [0.2, 0.25) is 5.90 Å². The molecule has 0 atom stereocenters. The van der Waals surface area contributed by atoms with Crippen molar-refractivity contribution < 1.29 is 17.9 Å². The molecule has 0 unspecified atom stereocenters. The zero-order valence-electron chi connectivity index (χ0n) is 13.7. The number of ether oxygens (including phenoxy) is 1. The van der Waals surface area contributed by atoms with Gasteiger partial charge in [-0.05, 0) is 37.6 Å². The molecule has 1 aromatic carbocycles. The average molecular weight is 341 g/mol. The molecular formula is C17H22F3N3O. The monoisotopic (exact) mass is 341 g/mol. The van der Waals surface area contributed by atoms with Crippen molar-refractivity contribution in [1.29, 1.82) is 0 Å². The first-order valence-corrected chi connectivity index (χ1v) is 7.59. The zero-order valence-corrected chi connectivity index (χ0v) is 13.7. The summed E-state index contributed by atoms with van der Waals surface area (Å²) in [5.74, 6) is 0.334. The summed E-state index contributed by atoms with van der Waals surface area (Å²) in [5.41, 5.74) is 5.83. The van der Waals surface area contributed by atoms with Gasteiger partial charge in [-0.15, -0.1) is 0 Å². The van der Waals surface area contributed by atoms with Crippen molar-refractivity contribution in [2.24, 2.45) is 10.7 Å². The number of benzene rings is 1. The van der Waals surface area contributed by atoms with Crippen molar-refractivity contribution in [2.75, 3.05) is 18.5 Å². The summed E-state index contributed by atoms with van der Waals surface area (Å²) < 4.78 is 43.4. The van der Waals surface area contributed by atoms with E-state index >= 15 is 0 Å². The van der Waals surface area contributed by atoms with Crippen LogP contribution in [0.2, 0.25) is 0 Å². The van der Waals surface area contributed by atoms with Crippen LogP contribution in [0.15, 0.2) is 53.3 Å². The van der Waals surface area contributed by atoms with Crippen LogP contribution in [0.25, 0.3) is 0 Å². The van der Waals surface area contributed by atoms with Crippen molar-refractivity contribution >= 4 is 11.6 Å². The molecule has 0 saturated carbocycles. The largest absolute Gasteiger partial charge is 0.475 e. The Kier molecular flexibility index (Phi) is 8.05. The highest BCUT2D eigenvalue weighted by Gasteiger charge is 2.29. The van der Waals surface area contributed by atoms with Crippen molar-refractivity contribution in [3.05, 3.63) is 53.9 Å². The number of nitrogens with zero attached hydrogens (tertiary/aromatic N) is 1. The highest BCUT2D eigenvalue weighted by Crippen LogP contribution is 2.30. The van der Waals surface area contributed by atoms with Gasteiger partial charge in [0.05, 0.1) is 11.3 Å². The van der Waals surface area contributed by atoms with E-state index in [1.807, 2.05) is 19.9 Å². The van der Waals surface area contributed by atoms with Gasteiger partial charge in [-0.25, -0.2) is 4.99 Å². The second kappa shape index (κ2) is 9.77. The summed E-state index contributed by atoms with van der Waals surface area (Å²) in [5, 5.41) is 3.04. The van der Waals surface area contributed by atoms with Crippen LogP contribution in [0.3, 0.4) is 0 Å². The van der Waals surface area contributed by atoms with Gasteiger partial charge in [-0.3, -0.25) is 0 Å². The summed E-state index contributed by atoms with van der Waals surface area (Å²) in [6.07, 6.45) is 1.50. The number of anilines is 1. The lowest BCUT2D eigenvalue weighted by Crippen LogP contribution is -2.19. The molecule has 0 saturated heterocycles. The van der Waals surface area contributed by atoms with Crippen LogP contribution in [0.4, 0.5) is 18.9 Å². The fourth-order valence-electron chi connectivity index (χ4n) is 1.78. The van der Waals surface area contributed by atoms with Crippen LogP contribution < -0.4 is 11.1 Å². The third-order valence-corrected chi connectivity index (χ3v) is 2.83. The number of rotatable bonds is 7. The Labute approximate surface area is 139 Å². The first-order valence-electron chi connectivity index (χ1n) is 7.59. The van der Waals surface area contributed by atoms with E-state index < -0.39 is 11.7 Å². The van der Waals surface area contributed by atoms with Crippen molar-refractivity contribution in [2.45, 2.75) is 26.4 Å². The van der Waals surface area contributed by atoms with Crippen molar-refractivity contribution in [3.63, 3.8) is 0 Å².